The summed E-state index contributed by atoms with van der Waals surface area (Å²) in [6, 6.07) is 7.97. The number of nitrogens with one attached hydrogen (secondary N) is 1. The Labute approximate surface area is 176 Å². The minimum absolute atomic E-state index is 0.125. The van der Waals surface area contributed by atoms with E-state index < -0.39 is 0 Å². The summed E-state index contributed by atoms with van der Waals surface area (Å²) in [6.45, 7) is 5.74. The number of piperidine rings is 1. The second kappa shape index (κ2) is 8.28. The van der Waals surface area contributed by atoms with E-state index in [2.05, 4.69) is 33.2 Å². The number of hydrogen-bond acceptors (Lipinski definition) is 6. The fraction of sp³-hybridized carbons (Fsp3) is 0.348. The van der Waals surface area contributed by atoms with E-state index in [4.69, 9.17) is 11.5 Å². The highest BCUT2D eigenvalue weighted by atomic mass is 16.1. The molecule has 2 aromatic heterocycles. The summed E-state index contributed by atoms with van der Waals surface area (Å²) in [7, 11) is 0. The molecular formula is C23H28N6O. The molecule has 1 fully saturated rings. The van der Waals surface area contributed by atoms with Crippen LogP contribution in [0.3, 0.4) is 0 Å². The number of carbonyl (C=O) groups is 1. The molecule has 0 unspecified atom stereocenters. The van der Waals surface area contributed by atoms with Crippen molar-refractivity contribution in [3.63, 3.8) is 0 Å². The average molecular weight is 405 g/mol. The number of benzene rings is 1. The van der Waals surface area contributed by atoms with Crippen LogP contribution >= 0.6 is 0 Å². The van der Waals surface area contributed by atoms with Crippen molar-refractivity contribution in [2.24, 2.45) is 5.73 Å². The van der Waals surface area contributed by atoms with Gasteiger partial charge in [0.15, 0.2) is 5.69 Å². The van der Waals surface area contributed by atoms with E-state index in [0.717, 1.165) is 60.1 Å². The molecule has 5 N–H and O–H groups in total. The van der Waals surface area contributed by atoms with Gasteiger partial charge in [0.25, 0.3) is 5.91 Å². The van der Waals surface area contributed by atoms with Crippen LogP contribution in [0.15, 0.2) is 36.7 Å². The first-order chi connectivity index (χ1) is 14.5. The first-order valence-electron chi connectivity index (χ1n) is 10.4. The molecule has 3 heterocycles. The minimum atomic E-state index is -0.341. The Hall–Kier alpha value is -3.19. The van der Waals surface area contributed by atoms with E-state index in [1.165, 1.54) is 0 Å². The van der Waals surface area contributed by atoms with Crippen LogP contribution in [0.1, 0.15) is 41.4 Å². The molecule has 0 bridgehead atoms. The van der Waals surface area contributed by atoms with Crippen LogP contribution < -0.4 is 21.7 Å². The molecule has 7 nitrogen and oxygen atoms in total. The summed E-state index contributed by atoms with van der Waals surface area (Å²) in [6.07, 6.45) is 6.42. The molecule has 1 amide bonds. The number of nitrogens with zero attached hydrogens (tertiary/aromatic N) is 3. The van der Waals surface area contributed by atoms with Gasteiger partial charge in [0, 0.05) is 30.7 Å². The normalized spacial score (nSPS) is 16.6. The maximum Gasteiger partial charge on any atom is 0.276 e. The molecule has 0 radical (unpaired) electrons. The number of aryl methyl sites for hydroxylation is 2. The lowest BCUT2D eigenvalue weighted by Gasteiger charge is -2.34. The van der Waals surface area contributed by atoms with E-state index in [9.17, 15) is 4.79 Å². The topological polar surface area (TPSA) is 110 Å². The monoisotopic (exact) mass is 404 g/mol. The number of amides is 1. The van der Waals surface area contributed by atoms with Crippen LogP contribution in [0.25, 0.3) is 10.9 Å². The van der Waals surface area contributed by atoms with Crippen LogP contribution in [0, 0.1) is 6.92 Å². The number of nitrogen functional groups attached to an aromatic ring is 1. The van der Waals surface area contributed by atoms with Crippen molar-refractivity contribution in [1.29, 1.82) is 0 Å². The third-order valence-electron chi connectivity index (χ3n) is 5.66. The van der Waals surface area contributed by atoms with Gasteiger partial charge in [-0.2, -0.15) is 0 Å². The van der Waals surface area contributed by atoms with Gasteiger partial charge >= 0.3 is 0 Å². The molecule has 1 atom stereocenters. The van der Waals surface area contributed by atoms with Crippen LogP contribution in [-0.2, 0) is 6.42 Å². The molecule has 4 rings (SSSR count). The van der Waals surface area contributed by atoms with Crippen LogP contribution in [-0.4, -0.2) is 35.0 Å². The summed E-state index contributed by atoms with van der Waals surface area (Å²) in [4.78, 5) is 24.2. The van der Waals surface area contributed by atoms with Gasteiger partial charge in [-0.3, -0.25) is 9.78 Å². The molecule has 0 spiro atoms. The van der Waals surface area contributed by atoms with Gasteiger partial charge in [-0.05, 0) is 49.4 Å². The Kier molecular flexibility index (Phi) is 5.55. The van der Waals surface area contributed by atoms with E-state index in [0.29, 0.717) is 11.4 Å². The van der Waals surface area contributed by atoms with Crippen LogP contribution in [0.5, 0.6) is 0 Å². The molecule has 1 aliphatic heterocycles. The number of aromatic nitrogens is 2. The maximum absolute atomic E-state index is 13.1. The summed E-state index contributed by atoms with van der Waals surface area (Å²) >= 11 is 0. The second-order valence-electron chi connectivity index (χ2n) is 7.96. The van der Waals surface area contributed by atoms with E-state index in [1.807, 2.05) is 19.1 Å². The number of fused-ring (bicyclic) bond motifs is 1. The third-order valence-corrected chi connectivity index (χ3v) is 5.66. The molecule has 30 heavy (non-hydrogen) atoms. The molecule has 1 saturated heterocycles. The van der Waals surface area contributed by atoms with E-state index in [-0.39, 0.29) is 17.6 Å². The summed E-state index contributed by atoms with van der Waals surface area (Å²) in [5, 5.41) is 3.91. The molecular weight excluding hydrogens is 376 g/mol. The van der Waals surface area contributed by atoms with Crippen molar-refractivity contribution in [3.05, 3.63) is 53.5 Å². The zero-order valence-electron chi connectivity index (χ0n) is 17.5. The fourth-order valence-corrected chi connectivity index (χ4v) is 4.09. The Bertz CT molecular complexity index is 1100. The smallest absolute Gasteiger partial charge is 0.276 e. The SMILES string of the molecule is CCc1ccc2cc(N)c(C(=O)Nc3cncc(C)c3N3CCC[C@H](N)C3)nc2c1. The lowest BCUT2D eigenvalue weighted by Crippen LogP contribution is -2.43. The largest absolute Gasteiger partial charge is 0.397 e. The van der Waals surface area contributed by atoms with Crippen molar-refractivity contribution in [2.75, 3.05) is 29.0 Å². The number of rotatable bonds is 4. The Morgan fingerprint density at radius 2 is 2.13 bits per heavy atom. The summed E-state index contributed by atoms with van der Waals surface area (Å²) in [5.41, 5.74) is 17.5. The molecule has 1 aromatic carbocycles. The number of nitrogens with two attached hydrogens (primary N) is 2. The molecule has 7 heteroatoms. The van der Waals surface area contributed by atoms with Crippen LogP contribution in [0.4, 0.5) is 17.1 Å². The van der Waals surface area contributed by atoms with Crippen molar-refractivity contribution < 1.29 is 4.79 Å². The standard InChI is InChI=1S/C23H28N6O/c1-3-15-6-7-16-10-18(25)21(27-19(16)9-15)23(30)28-20-12-26-11-14(2)22(20)29-8-4-5-17(24)13-29/h6-7,9-12,17H,3-5,8,13,24-25H2,1-2H3,(H,28,30)/t17-/m0/s1. The number of anilines is 3. The Morgan fingerprint density at radius 1 is 1.30 bits per heavy atom. The quantitative estimate of drug-likeness (QED) is 0.616. The predicted molar refractivity (Wildman–Crippen MR) is 122 cm³/mol. The maximum atomic E-state index is 13.1. The zero-order valence-corrected chi connectivity index (χ0v) is 17.5. The molecule has 156 valence electrons. The molecule has 3 aromatic rings. The first-order valence-corrected chi connectivity index (χ1v) is 10.4. The zero-order chi connectivity index (χ0) is 21.3. The highest BCUT2D eigenvalue weighted by Gasteiger charge is 2.23. The van der Waals surface area contributed by atoms with Crippen molar-refractivity contribution in [3.8, 4) is 0 Å². The number of pyridine rings is 2. The van der Waals surface area contributed by atoms with Gasteiger partial charge in [-0.15, -0.1) is 0 Å². The Morgan fingerprint density at radius 3 is 2.90 bits per heavy atom. The lowest BCUT2D eigenvalue weighted by molar-refractivity contribution is 0.102. The van der Waals surface area contributed by atoms with Gasteiger partial charge in [-0.1, -0.05) is 19.1 Å². The van der Waals surface area contributed by atoms with Gasteiger partial charge in [0.2, 0.25) is 0 Å². The minimum Gasteiger partial charge on any atom is -0.397 e. The fourth-order valence-electron chi connectivity index (χ4n) is 4.09. The van der Waals surface area contributed by atoms with Gasteiger partial charge in [0.1, 0.15) is 0 Å². The highest BCUT2D eigenvalue weighted by molar-refractivity contribution is 6.09. The van der Waals surface area contributed by atoms with Crippen LogP contribution in [0.2, 0.25) is 0 Å². The average Bonchev–Trinajstić information content (AvgIpc) is 2.73. The van der Waals surface area contributed by atoms with E-state index in [1.54, 1.807) is 18.5 Å². The number of carbonyl (C=O) groups excluding carboxylic acids is 1. The van der Waals surface area contributed by atoms with Crippen molar-refractivity contribution in [2.45, 2.75) is 39.2 Å². The first kappa shape index (κ1) is 20.1. The van der Waals surface area contributed by atoms with E-state index >= 15 is 0 Å². The lowest BCUT2D eigenvalue weighted by atomic mass is 10.0. The molecule has 0 aliphatic carbocycles. The third kappa shape index (κ3) is 3.93. The van der Waals surface area contributed by atoms with Gasteiger partial charge in [0.05, 0.1) is 28.8 Å². The number of hydrogen-bond donors (Lipinski definition) is 3. The van der Waals surface area contributed by atoms with Crippen molar-refractivity contribution >= 4 is 33.9 Å². The highest BCUT2D eigenvalue weighted by Crippen LogP contribution is 2.31. The Balaban J connectivity index is 1.67. The second-order valence-corrected chi connectivity index (χ2v) is 7.96. The summed E-state index contributed by atoms with van der Waals surface area (Å²) < 4.78 is 0. The molecule has 0 saturated carbocycles. The van der Waals surface area contributed by atoms with Gasteiger partial charge < -0.3 is 21.7 Å². The van der Waals surface area contributed by atoms with Crippen molar-refractivity contribution in [1.82, 2.24) is 9.97 Å². The predicted octanol–water partition coefficient (Wildman–Crippen LogP) is 3.26. The molecule has 1 aliphatic rings. The van der Waals surface area contributed by atoms with Gasteiger partial charge in [-0.25, -0.2) is 4.98 Å². The summed E-state index contributed by atoms with van der Waals surface area (Å²) in [5.74, 6) is -0.341.